The Kier molecular flexibility index (Phi) is 4.87. The Bertz CT molecular complexity index is 1170. The van der Waals surface area contributed by atoms with Gasteiger partial charge in [0.15, 0.2) is 9.84 Å². The number of aromatic nitrogens is 3. The maximum absolute atomic E-state index is 11.8. The number of amides is 1. The third-order valence-electron chi connectivity index (χ3n) is 4.96. The zero-order valence-corrected chi connectivity index (χ0v) is 16.5. The molecule has 0 bridgehead atoms. The Morgan fingerprint density at radius 3 is 2.62 bits per heavy atom. The van der Waals surface area contributed by atoms with Crippen LogP contribution in [0.4, 0.5) is 4.79 Å². The third-order valence-corrected chi connectivity index (χ3v) is 6.07. The van der Waals surface area contributed by atoms with E-state index < -0.39 is 15.9 Å². The average molecular weight is 416 g/mol. The molecule has 2 aromatic heterocycles. The van der Waals surface area contributed by atoms with Gasteiger partial charge in [0.05, 0.1) is 10.4 Å². The SMILES string of the molecule is CS(=O)(=O)c1ccc2c(ccn2-c2cc(OC3CCN(C(=O)O)CC3)ncn2)c1. The van der Waals surface area contributed by atoms with Crippen LogP contribution < -0.4 is 4.74 Å². The van der Waals surface area contributed by atoms with Crippen molar-refractivity contribution in [3.8, 4) is 11.7 Å². The lowest BCUT2D eigenvalue weighted by atomic mass is 10.1. The number of carboxylic acid groups (broad SMARTS) is 1. The molecule has 0 unspecified atom stereocenters. The molecule has 3 aromatic rings. The summed E-state index contributed by atoms with van der Waals surface area (Å²) in [6.45, 7) is 0.867. The minimum Gasteiger partial charge on any atom is -0.474 e. The van der Waals surface area contributed by atoms with E-state index in [-0.39, 0.29) is 11.0 Å². The molecule has 1 aliphatic heterocycles. The largest absolute Gasteiger partial charge is 0.474 e. The second-order valence-electron chi connectivity index (χ2n) is 6.98. The maximum atomic E-state index is 11.8. The standard InChI is InChI=1S/C19H20N4O5S/c1-29(26,27)15-2-3-16-13(10-15)4-9-23(16)17-11-18(21-12-20-17)28-14-5-7-22(8-6-14)19(24)25/h2-4,9-12,14H,5-8H2,1H3,(H,24,25). The summed E-state index contributed by atoms with van der Waals surface area (Å²) in [5.41, 5.74) is 0.816. The van der Waals surface area contributed by atoms with Gasteiger partial charge in [0.25, 0.3) is 0 Å². The zero-order chi connectivity index (χ0) is 20.6. The number of hydrogen-bond acceptors (Lipinski definition) is 6. The third kappa shape index (κ3) is 4.02. The van der Waals surface area contributed by atoms with Crippen molar-refractivity contribution in [2.75, 3.05) is 19.3 Å². The first kappa shape index (κ1) is 19.2. The molecule has 29 heavy (non-hydrogen) atoms. The summed E-state index contributed by atoms with van der Waals surface area (Å²) in [7, 11) is -3.28. The summed E-state index contributed by atoms with van der Waals surface area (Å²) in [5.74, 6) is 1.01. The molecule has 1 amide bonds. The number of nitrogens with zero attached hydrogens (tertiary/aromatic N) is 4. The molecule has 0 spiro atoms. The van der Waals surface area contributed by atoms with Crippen LogP contribution in [-0.4, -0.2) is 64.5 Å². The van der Waals surface area contributed by atoms with E-state index in [2.05, 4.69) is 9.97 Å². The van der Waals surface area contributed by atoms with Crippen LogP contribution in [0.2, 0.25) is 0 Å². The first-order chi connectivity index (χ1) is 13.8. The number of likely N-dealkylation sites (tertiary alicyclic amines) is 1. The number of carbonyl (C=O) groups is 1. The lowest BCUT2D eigenvalue weighted by Gasteiger charge is -2.29. The topological polar surface area (TPSA) is 115 Å². The lowest BCUT2D eigenvalue weighted by Crippen LogP contribution is -2.41. The highest BCUT2D eigenvalue weighted by Gasteiger charge is 2.24. The van der Waals surface area contributed by atoms with Crippen LogP contribution in [-0.2, 0) is 9.84 Å². The molecular formula is C19H20N4O5S. The molecule has 4 rings (SSSR count). The van der Waals surface area contributed by atoms with E-state index in [1.165, 1.54) is 17.5 Å². The van der Waals surface area contributed by atoms with Crippen LogP contribution in [0.5, 0.6) is 5.88 Å². The number of fused-ring (bicyclic) bond motifs is 1. The fourth-order valence-electron chi connectivity index (χ4n) is 3.41. The van der Waals surface area contributed by atoms with Gasteiger partial charge in [-0.25, -0.2) is 23.2 Å². The lowest BCUT2D eigenvalue weighted by molar-refractivity contribution is 0.0870. The predicted molar refractivity (Wildman–Crippen MR) is 105 cm³/mol. The Morgan fingerprint density at radius 2 is 1.93 bits per heavy atom. The van der Waals surface area contributed by atoms with Gasteiger partial charge in [-0.2, -0.15) is 0 Å². The highest BCUT2D eigenvalue weighted by atomic mass is 32.2. The summed E-state index contributed by atoms with van der Waals surface area (Å²) in [5, 5.41) is 9.82. The van der Waals surface area contributed by atoms with Crippen molar-refractivity contribution in [3.05, 3.63) is 42.9 Å². The maximum Gasteiger partial charge on any atom is 0.407 e. The summed E-state index contributed by atoms with van der Waals surface area (Å²) in [6.07, 6.45) is 4.60. The Morgan fingerprint density at radius 1 is 1.17 bits per heavy atom. The molecule has 1 aromatic carbocycles. The molecular weight excluding hydrogens is 396 g/mol. The van der Waals surface area contributed by atoms with Gasteiger partial charge in [0, 0.05) is 49.8 Å². The van der Waals surface area contributed by atoms with Crippen molar-refractivity contribution in [1.29, 1.82) is 0 Å². The van der Waals surface area contributed by atoms with Crippen LogP contribution in [0.1, 0.15) is 12.8 Å². The van der Waals surface area contributed by atoms with Gasteiger partial charge in [-0.1, -0.05) is 0 Å². The van der Waals surface area contributed by atoms with Gasteiger partial charge >= 0.3 is 6.09 Å². The van der Waals surface area contributed by atoms with E-state index in [9.17, 15) is 13.2 Å². The molecule has 0 saturated carbocycles. The fraction of sp³-hybridized carbons (Fsp3) is 0.316. The van der Waals surface area contributed by atoms with E-state index in [0.29, 0.717) is 37.6 Å². The molecule has 152 valence electrons. The molecule has 1 N–H and O–H groups in total. The minimum absolute atomic E-state index is 0.105. The monoisotopic (exact) mass is 416 g/mol. The second-order valence-corrected chi connectivity index (χ2v) is 9.00. The van der Waals surface area contributed by atoms with Crippen LogP contribution in [0.3, 0.4) is 0 Å². The highest BCUT2D eigenvalue weighted by molar-refractivity contribution is 7.90. The van der Waals surface area contributed by atoms with Crippen molar-refractivity contribution in [2.45, 2.75) is 23.8 Å². The summed E-state index contributed by atoms with van der Waals surface area (Å²) >= 11 is 0. The molecule has 10 heteroatoms. The molecule has 1 aliphatic rings. The van der Waals surface area contributed by atoms with E-state index in [1.54, 1.807) is 24.3 Å². The van der Waals surface area contributed by atoms with Gasteiger partial charge in [-0.05, 0) is 24.3 Å². The number of ether oxygens (including phenoxy) is 1. The van der Waals surface area contributed by atoms with E-state index in [1.807, 2.05) is 16.8 Å². The van der Waals surface area contributed by atoms with Gasteiger partial charge in [-0.3, -0.25) is 0 Å². The van der Waals surface area contributed by atoms with Crippen molar-refractivity contribution < 1.29 is 23.1 Å². The fourth-order valence-corrected chi connectivity index (χ4v) is 4.07. The van der Waals surface area contributed by atoms with Crippen molar-refractivity contribution in [1.82, 2.24) is 19.4 Å². The minimum atomic E-state index is -3.28. The number of benzene rings is 1. The summed E-state index contributed by atoms with van der Waals surface area (Å²) in [4.78, 5) is 21.1. The molecule has 1 fully saturated rings. The van der Waals surface area contributed by atoms with Gasteiger partial charge in [0.1, 0.15) is 18.2 Å². The number of rotatable bonds is 4. The van der Waals surface area contributed by atoms with E-state index >= 15 is 0 Å². The van der Waals surface area contributed by atoms with Crippen LogP contribution in [0.25, 0.3) is 16.7 Å². The van der Waals surface area contributed by atoms with Crippen LogP contribution in [0, 0.1) is 0 Å². The van der Waals surface area contributed by atoms with Crippen LogP contribution >= 0.6 is 0 Å². The first-order valence-corrected chi connectivity index (χ1v) is 11.0. The normalized spacial score (nSPS) is 15.6. The van der Waals surface area contributed by atoms with E-state index in [0.717, 1.165) is 10.9 Å². The highest BCUT2D eigenvalue weighted by Crippen LogP contribution is 2.24. The molecule has 0 radical (unpaired) electrons. The number of hydrogen-bond donors (Lipinski definition) is 1. The summed E-state index contributed by atoms with van der Waals surface area (Å²) in [6, 6.07) is 8.50. The second kappa shape index (κ2) is 7.36. The van der Waals surface area contributed by atoms with Crippen molar-refractivity contribution in [2.24, 2.45) is 0 Å². The van der Waals surface area contributed by atoms with E-state index in [4.69, 9.17) is 9.84 Å². The predicted octanol–water partition coefficient (Wildman–Crippen LogP) is 2.35. The molecule has 0 atom stereocenters. The quantitative estimate of drug-likeness (QED) is 0.694. The van der Waals surface area contributed by atoms with Gasteiger partial charge in [-0.15, -0.1) is 0 Å². The van der Waals surface area contributed by atoms with Crippen molar-refractivity contribution in [3.63, 3.8) is 0 Å². The first-order valence-electron chi connectivity index (χ1n) is 9.09. The summed E-state index contributed by atoms with van der Waals surface area (Å²) < 4.78 is 31.3. The molecule has 9 nitrogen and oxygen atoms in total. The molecule has 3 heterocycles. The van der Waals surface area contributed by atoms with Crippen LogP contribution in [0.15, 0.2) is 47.8 Å². The smallest absolute Gasteiger partial charge is 0.407 e. The molecule has 0 aliphatic carbocycles. The zero-order valence-electron chi connectivity index (χ0n) is 15.7. The van der Waals surface area contributed by atoms with Gasteiger partial charge < -0.3 is 19.3 Å². The van der Waals surface area contributed by atoms with Gasteiger partial charge in [0.2, 0.25) is 5.88 Å². The molecule has 1 saturated heterocycles. The Labute approximate surface area is 167 Å². The average Bonchev–Trinajstić information content (AvgIpc) is 3.11. The Hall–Kier alpha value is -3.14. The number of sulfone groups is 1. The van der Waals surface area contributed by atoms with Crippen molar-refractivity contribution >= 4 is 26.8 Å². The Balaban J connectivity index is 1.55. The number of piperidine rings is 1.